The van der Waals surface area contributed by atoms with Crippen molar-refractivity contribution in [3.63, 3.8) is 0 Å². The molecule has 1 fully saturated rings. The Kier molecular flexibility index (Phi) is 3.80. The molecule has 0 radical (unpaired) electrons. The molecule has 2 N–H and O–H groups in total. The van der Waals surface area contributed by atoms with Gasteiger partial charge in [0.1, 0.15) is 6.33 Å². The molecule has 0 spiro atoms. The van der Waals surface area contributed by atoms with Gasteiger partial charge in [0.2, 0.25) is 5.75 Å². The molecule has 0 amide bonds. The molecule has 0 aromatic carbocycles. The minimum absolute atomic E-state index is 0.250. The molecule has 2 rings (SSSR count). The maximum Gasteiger partial charge on any atom is 0.204 e. The molecule has 1 saturated carbocycles. The van der Waals surface area contributed by atoms with Gasteiger partial charge >= 0.3 is 0 Å². The summed E-state index contributed by atoms with van der Waals surface area (Å²) in [5.74, 6) is 2.22. The Morgan fingerprint density at radius 2 is 1.75 bits per heavy atom. The second-order valence-electron chi connectivity index (χ2n) is 6.55. The number of hydrogen-bond acceptors (Lipinski definition) is 5. The molecule has 0 atom stereocenters. The fraction of sp³-hybridized carbons (Fsp3) is 0.733. The third-order valence-electron chi connectivity index (χ3n) is 4.85. The van der Waals surface area contributed by atoms with Gasteiger partial charge in [0, 0.05) is 12.6 Å². The van der Waals surface area contributed by atoms with Crippen molar-refractivity contribution >= 4 is 11.6 Å². The number of aromatic nitrogens is 2. The third-order valence-corrected chi connectivity index (χ3v) is 4.85. The molecular weight excluding hydrogens is 252 g/mol. The quantitative estimate of drug-likeness (QED) is 0.837. The SMILES string of the molecule is CCCNc1ncnc(NC2C(C)(C)C2(C)C)c1OC. The van der Waals surface area contributed by atoms with E-state index in [0.29, 0.717) is 11.8 Å². The summed E-state index contributed by atoms with van der Waals surface area (Å²) in [5, 5.41) is 6.79. The van der Waals surface area contributed by atoms with Crippen molar-refractivity contribution in [3.05, 3.63) is 6.33 Å². The van der Waals surface area contributed by atoms with Gasteiger partial charge in [-0.2, -0.15) is 0 Å². The molecule has 0 unspecified atom stereocenters. The van der Waals surface area contributed by atoms with Crippen LogP contribution in [0.2, 0.25) is 0 Å². The zero-order valence-corrected chi connectivity index (χ0v) is 13.4. The summed E-state index contributed by atoms with van der Waals surface area (Å²) in [5.41, 5.74) is 0.500. The second kappa shape index (κ2) is 5.11. The number of methoxy groups -OCH3 is 1. The van der Waals surface area contributed by atoms with Crippen molar-refractivity contribution in [1.29, 1.82) is 0 Å². The molecular formula is C15H26N4O. The number of nitrogens with zero attached hydrogens (tertiary/aromatic N) is 2. The Hall–Kier alpha value is -1.52. The van der Waals surface area contributed by atoms with E-state index >= 15 is 0 Å². The van der Waals surface area contributed by atoms with Crippen molar-refractivity contribution in [2.45, 2.75) is 47.1 Å². The van der Waals surface area contributed by atoms with Crippen LogP contribution in [0, 0.1) is 10.8 Å². The average molecular weight is 278 g/mol. The zero-order valence-electron chi connectivity index (χ0n) is 13.4. The molecule has 1 aliphatic carbocycles. The molecule has 112 valence electrons. The van der Waals surface area contributed by atoms with Crippen LogP contribution in [-0.2, 0) is 0 Å². The van der Waals surface area contributed by atoms with Crippen LogP contribution >= 0.6 is 0 Å². The van der Waals surface area contributed by atoms with Crippen LogP contribution < -0.4 is 15.4 Å². The summed E-state index contributed by atoms with van der Waals surface area (Å²) < 4.78 is 5.49. The van der Waals surface area contributed by atoms with Gasteiger partial charge in [-0.15, -0.1) is 0 Å². The van der Waals surface area contributed by atoms with E-state index in [2.05, 4.69) is 55.2 Å². The lowest BCUT2D eigenvalue weighted by Crippen LogP contribution is -2.14. The zero-order chi connectivity index (χ0) is 15.0. The number of rotatable bonds is 6. The van der Waals surface area contributed by atoms with Gasteiger partial charge in [-0.25, -0.2) is 9.97 Å². The number of nitrogens with one attached hydrogen (secondary N) is 2. The van der Waals surface area contributed by atoms with E-state index in [1.165, 1.54) is 0 Å². The molecule has 0 saturated heterocycles. The van der Waals surface area contributed by atoms with Crippen LogP contribution in [0.15, 0.2) is 6.33 Å². The number of hydrogen-bond donors (Lipinski definition) is 2. The first-order chi connectivity index (χ1) is 9.36. The van der Waals surface area contributed by atoms with Crippen LogP contribution in [0.1, 0.15) is 41.0 Å². The number of anilines is 2. The molecule has 1 aliphatic rings. The Morgan fingerprint density at radius 3 is 2.25 bits per heavy atom. The van der Waals surface area contributed by atoms with Gasteiger partial charge in [-0.05, 0) is 17.3 Å². The molecule has 5 heteroatoms. The smallest absolute Gasteiger partial charge is 0.204 e. The van der Waals surface area contributed by atoms with E-state index in [-0.39, 0.29) is 10.8 Å². The monoisotopic (exact) mass is 278 g/mol. The molecule has 20 heavy (non-hydrogen) atoms. The molecule has 1 heterocycles. The molecule has 0 aliphatic heterocycles. The summed E-state index contributed by atoms with van der Waals surface area (Å²) >= 11 is 0. The predicted octanol–water partition coefficient (Wildman–Crippen LogP) is 3.15. The van der Waals surface area contributed by atoms with Crippen LogP contribution in [0.25, 0.3) is 0 Å². The summed E-state index contributed by atoms with van der Waals surface area (Å²) in [7, 11) is 1.66. The summed E-state index contributed by atoms with van der Waals surface area (Å²) in [6.07, 6.45) is 2.61. The molecule has 1 aromatic heterocycles. The van der Waals surface area contributed by atoms with Crippen molar-refractivity contribution < 1.29 is 4.74 Å². The van der Waals surface area contributed by atoms with E-state index in [0.717, 1.165) is 24.6 Å². The van der Waals surface area contributed by atoms with E-state index < -0.39 is 0 Å². The van der Waals surface area contributed by atoms with Crippen LogP contribution in [0.4, 0.5) is 11.6 Å². The van der Waals surface area contributed by atoms with Gasteiger partial charge in [0.25, 0.3) is 0 Å². The highest BCUT2D eigenvalue weighted by Gasteiger charge is 2.65. The Morgan fingerprint density at radius 1 is 1.15 bits per heavy atom. The lowest BCUT2D eigenvalue weighted by Gasteiger charge is -2.15. The summed E-state index contributed by atoms with van der Waals surface area (Å²) in [6, 6.07) is 0.387. The number of ether oxygens (including phenoxy) is 1. The Labute approximate surface area is 121 Å². The van der Waals surface area contributed by atoms with Crippen molar-refractivity contribution in [3.8, 4) is 5.75 Å². The largest absolute Gasteiger partial charge is 0.490 e. The average Bonchev–Trinajstić information content (AvgIpc) is 2.79. The highest BCUT2D eigenvalue weighted by Crippen LogP contribution is 2.64. The lowest BCUT2D eigenvalue weighted by atomic mass is 10.0. The lowest BCUT2D eigenvalue weighted by molar-refractivity contribution is 0.414. The van der Waals surface area contributed by atoms with E-state index in [1.807, 2.05) is 0 Å². The molecule has 1 aromatic rings. The van der Waals surface area contributed by atoms with Crippen LogP contribution in [-0.4, -0.2) is 29.7 Å². The first-order valence-corrected chi connectivity index (χ1v) is 7.25. The second-order valence-corrected chi connectivity index (χ2v) is 6.55. The minimum Gasteiger partial charge on any atom is -0.490 e. The standard InChI is InChI=1S/C15H26N4O/c1-7-8-16-11-10(20-6)12(18-9-17-11)19-13-14(2,3)15(13,4)5/h9,13H,7-8H2,1-6H3,(H2,16,17,18,19). The van der Waals surface area contributed by atoms with E-state index in [9.17, 15) is 0 Å². The maximum atomic E-state index is 5.49. The normalized spacial score (nSPS) is 19.5. The van der Waals surface area contributed by atoms with Crippen molar-refractivity contribution in [1.82, 2.24) is 9.97 Å². The fourth-order valence-electron chi connectivity index (χ4n) is 2.73. The maximum absolute atomic E-state index is 5.49. The predicted molar refractivity (Wildman–Crippen MR) is 82.3 cm³/mol. The van der Waals surface area contributed by atoms with Crippen molar-refractivity contribution in [2.24, 2.45) is 10.8 Å². The van der Waals surface area contributed by atoms with Crippen LogP contribution in [0.3, 0.4) is 0 Å². The first kappa shape index (κ1) is 14.9. The van der Waals surface area contributed by atoms with Crippen molar-refractivity contribution in [2.75, 3.05) is 24.3 Å². The Balaban J connectivity index is 2.20. The molecule has 5 nitrogen and oxygen atoms in total. The van der Waals surface area contributed by atoms with Crippen LogP contribution in [0.5, 0.6) is 5.75 Å². The molecule has 0 bridgehead atoms. The highest BCUT2D eigenvalue weighted by atomic mass is 16.5. The van der Waals surface area contributed by atoms with Gasteiger partial charge in [-0.3, -0.25) is 0 Å². The summed E-state index contributed by atoms with van der Waals surface area (Å²) in [6.45, 7) is 12.1. The first-order valence-electron chi connectivity index (χ1n) is 7.25. The Bertz CT molecular complexity index is 471. The van der Waals surface area contributed by atoms with Gasteiger partial charge in [0.05, 0.1) is 7.11 Å². The van der Waals surface area contributed by atoms with Gasteiger partial charge < -0.3 is 15.4 Å². The third kappa shape index (κ3) is 2.30. The van der Waals surface area contributed by atoms with Gasteiger partial charge in [-0.1, -0.05) is 34.6 Å². The van der Waals surface area contributed by atoms with E-state index in [1.54, 1.807) is 13.4 Å². The minimum atomic E-state index is 0.250. The van der Waals surface area contributed by atoms with E-state index in [4.69, 9.17) is 4.74 Å². The fourth-order valence-corrected chi connectivity index (χ4v) is 2.73. The van der Waals surface area contributed by atoms with Gasteiger partial charge in [0.15, 0.2) is 11.6 Å². The summed E-state index contributed by atoms with van der Waals surface area (Å²) in [4.78, 5) is 8.60. The highest BCUT2D eigenvalue weighted by molar-refractivity contribution is 5.64. The topological polar surface area (TPSA) is 59.1 Å².